The van der Waals surface area contributed by atoms with E-state index in [0.29, 0.717) is 19.6 Å². The van der Waals surface area contributed by atoms with Crippen LogP contribution in [0.5, 0.6) is 0 Å². The molecule has 3 nitrogen and oxygen atoms in total. The van der Waals surface area contributed by atoms with Gasteiger partial charge in [0, 0.05) is 6.42 Å². The van der Waals surface area contributed by atoms with Gasteiger partial charge in [0.15, 0.2) is 12.1 Å². The molecule has 0 amide bonds. The minimum absolute atomic E-state index is 0.255. The number of hydrogen-bond acceptors (Lipinski definition) is 4. The molecule has 23 heavy (non-hydrogen) atoms. The second-order valence-electron chi connectivity index (χ2n) is 6.28. The topological polar surface area (TPSA) is 35.5 Å². The van der Waals surface area contributed by atoms with E-state index >= 15 is 0 Å². The number of thiophene rings is 1. The number of carbonyl (C=O) groups is 1. The Bertz CT molecular complexity index is 449. The molecule has 1 fully saturated rings. The molecule has 0 aromatic carbocycles. The quantitative estimate of drug-likeness (QED) is 0.352. The third-order valence-corrected chi connectivity index (χ3v) is 5.41. The highest BCUT2D eigenvalue weighted by atomic mass is 32.1. The molecule has 1 aliphatic rings. The largest absolute Gasteiger partial charge is 0.345 e. The molecule has 0 spiro atoms. The van der Waals surface area contributed by atoms with Crippen molar-refractivity contribution in [2.45, 2.75) is 77.4 Å². The summed E-state index contributed by atoms with van der Waals surface area (Å²) >= 11 is 1.52. The van der Waals surface area contributed by atoms with Crippen molar-refractivity contribution in [3.8, 4) is 0 Å². The highest BCUT2D eigenvalue weighted by molar-refractivity contribution is 7.14. The third kappa shape index (κ3) is 6.74. The summed E-state index contributed by atoms with van der Waals surface area (Å²) in [4.78, 5) is 14.1. The summed E-state index contributed by atoms with van der Waals surface area (Å²) in [6.45, 7) is 3.54. The minimum atomic E-state index is -0.255. The van der Waals surface area contributed by atoms with Crippen LogP contribution in [0.15, 0.2) is 12.1 Å². The average molecular weight is 339 g/mol. The minimum Gasteiger partial charge on any atom is -0.345 e. The van der Waals surface area contributed by atoms with Crippen molar-refractivity contribution in [3.05, 3.63) is 21.9 Å². The number of ketones is 1. The van der Waals surface area contributed by atoms with E-state index in [1.807, 2.05) is 12.1 Å². The van der Waals surface area contributed by atoms with Gasteiger partial charge in [-0.05, 0) is 18.6 Å². The smallest absolute Gasteiger partial charge is 0.193 e. The fourth-order valence-corrected chi connectivity index (χ4v) is 3.85. The molecule has 1 saturated heterocycles. The zero-order chi connectivity index (χ0) is 16.3. The maximum atomic E-state index is 12.2. The number of Topliss-reactive ketones (excluding diaryl/α,β-unsaturated/α-hetero) is 1. The second-order valence-corrected chi connectivity index (χ2v) is 7.39. The molecule has 0 bridgehead atoms. The Kier molecular flexibility index (Phi) is 8.87. The highest BCUT2D eigenvalue weighted by Gasteiger charge is 2.21. The summed E-state index contributed by atoms with van der Waals surface area (Å²) in [6.07, 6.45) is 12.0. The van der Waals surface area contributed by atoms with Crippen molar-refractivity contribution >= 4 is 17.1 Å². The first-order valence-electron chi connectivity index (χ1n) is 9.17. The summed E-state index contributed by atoms with van der Waals surface area (Å²) in [5.41, 5.74) is 0. The van der Waals surface area contributed by atoms with Crippen molar-refractivity contribution in [1.82, 2.24) is 0 Å². The molecule has 1 aliphatic heterocycles. The van der Waals surface area contributed by atoms with E-state index in [1.54, 1.807) is 0 Å². The number of carbonyl (C=O) groups excluding carboxylic acids is 1. The van der Waals surface area contributed by atoms with Gasteiger partial charge in [0.1, 0.15) is 0 Å². The molecule has 1 aromatic rings. The van der Waals surface area contributed by atoms with Crippen LogP contribution < -0.4 is 0 Å². The maximum Gasteiger partial charge on any atom is 0.193 e. The predicted octanol–water partition coefficient (Wildman–Crippen LogP) is 5.90. The van der Waals surface area contributed by atoms with Gasteiger partial charge in [-0.1, -0.05) is 58.3 Å². The molecule has 1 aromatic heterocycles. The molecular weight excluding hydrogens is 308 g/mol. The van der Waals surface area contributed by atoms with Crippen molar-refractivity contribution < 1.29 is 14.3 Å². The Morgan fingerprint density at radius 2 is 1.61 bits per heavy atom. The maximum absolute atomic E-state index is 12.2. The number of rotatable bonds is 12. The van der Waals surface area contributed by atoms with Gasteiger partial charge in [0.25, 0.3) is 0 Å². The van der Waals surface area contributed by atoms with Crippen molar-refractivity contribution in [2.75, 3.05) is 13.2 Å². The molecule has 0 aliphatic carbocycles. The van der Waals surface area contributed by atoms with Crippen LogP contribution in [0.2, 0.25) is 0 Å². The Morgan fingerprint density at radius 1 is 1.00 bits per heavy atom. The zero-order valence-corrected chi connectivity index (χ0v) is 15.2. The molecule has 2 heterocycles. The van der Waals surface area contributed by atoms with E-state index < -0.39 is 0 Å². The van der Waals surface area contributed by atoms with Gasteiger partial charge in [-0.15, -0.1) is 11.3 Å². The average Bonchev–Trinajstić information content (AvgIpc) is 3.23. The highest BCUT2D eigenvalue weighted by Crippen LogP contribution is 2.30. The van der Waals surface area contributed by atoms with Gasteiger partial charge in [-0.25, -0.2) is 0 Å². The van der Waals surface area contributed by atoms with Crippen LogP contribution in [0.1, 0.15) is 92.0 Å². The molecule has 4 heteroatoms. The van der Waals surface area contributed by atoms with E-state index in [0.717, 1.165) is 16.2 Å². The van der Waals surface area contributed by atoms with Crippen LogP contribution in [0.25, 0.3) is 0 Å². The molecule has 2 rings (SSSR count). The van der Waals surface area contributed by atoms with E-state index in [1.165, 1.54) is 62.7 Å². The predicted molar refractivity (Wildman–Crippen MR) is 95.1 cm³/mol. The van der Waals surface area contributed by atoms with E-state index in [2.05, 4.69) is 6.92 Å². The lowest BCUT2D eigenvalue weighted by atomic mass is 10.1. The summed E-state index contributed by atoms with van der Waals surface area (Å²) in [5.74, 6) is 0.266. The summed E-state index contributed by atoms with van der Waals surface area (Å²) in [7, 11) is 0. The fourth-order valence-electron chi connectivity index (χ4n) is 2.87. The van der Waals surface area contributed by atoms with Crippen LogP contribution in [0, 0.1) is 0 Å². The van der Waals surface area contributed by atoms with E-state index in [9.17, 15) is 4.79 Å². The van der Waals surface area contributed by atoms with E-state index in [4.69, 9.17) is 9.47 Å². The normalized spacial score (nSPS) is 15.3. The van der Waals surface area contributed by atoms with Crippen molar-refractivity contribution in [2.24, 2.45) is 0 Å². The number of hydrogen-bond donors (Lipinski definition) is 0. The lowest BCUT2D eigenvalue weighted by Gasteiger charge is -2.04. The molecule has 0 radical (unpaired) electrons. The molecule has 0 saturated carbocycles. The molecular formula is C19H30O3S. The lowest BCUT2D eigenvalue weighted by molar-refractivity contribution is -0.0413. The van der Waals surface area contributed by atoms with Gasteiger partial charge in [0.2, 0.25) is 0 Å². The summed E-state index contributed by atoms with van der Waals surface area (Å²) < 4.78 is 10.9. The zero-order valence-electron chi connectivity index (χ0n) is 14.4. The van der Waals surface area contributed by atoms with Crippen molar-refractivity contribution in [3.63, 3.8) is 0 Å². The Hall–Kier alpha value is -0.710. The Morgan fingerprint density at radius 3 is 2.26 bits per heavy atom. The van der Waals surface area contributed by atoms with Crippen LogP contribution in [0.4, 0.5) is 0 Å². The molecule has 0 atom stereocenters. The number of unbranched alkanes of at least 4 members (excludes halogenated alkanes) is 8. The molecule has 0 unspecified atom stereocenters. The van der Waals surface area contributed by atoms with Gasteiger partial charge in [-0.2, -0.15) is 0 Å². The molecule has 0 N–H and O–H groups in total. The first-order valence-corrected chi connectivity index (χ1v) is 9.99. The summed E-state index contributed by atoms with van der Waals surface area (Å²) in [5, 5.41) is 0. The van der Waals surface area contributed by atoms with Gasteiger partial charge in [0.05, 0.1) is 23.0 Å². The SMILES string of the molecule is CCCCCCCCCCCC(=O)c1ccc(C2OCCO2)s1. The fraction of sp³-hybridized carbons (Fsp3) is 0.737. The van der Waals surface area contributed by atoms with Crippen LogP contribution in [-0.2, 0) is 9.47 Å². The van der Waals surface area contributed by atoms with E-state index in [-0.39, 0.29) is 12.1 Å². The van der Waals surface area contributed by atoms with Crippen LogP contribution in [0.3, 0.4) is 0 Å². The first kappa shape index (κ1) is 18.6. The molecule has 130 valence electrons. The summed E-state index contributed by atoms with van der Waals surface area (Å²) in [6, 6.07) is 3.88. The van der Waals surface area contributed by atoms with Gasteiger partial charge >= 0.3 is 0 Å². The first-order chi connectivity index (χ1) is 11.3. The third-order valence-electron chi connectivity index (χ3n) is 4.26. The lowest BCUT2D eigenvalue weighted by Crippen LogP contribution is -1.96. The number of ether oxygens (including phenoxy) is 2. The Balaban J connectivity index is 1.54. The van der Waals surface area contributed by atoms with Crippen molar-refractivity contribution in [1.29, 1.82) is 0 Å². The van der Waals surface area contributed by atoms with Crippen LogP contribution in [-0.4, -0.2) is 19.0 Å². The monoisotopic (exact) mass is 338 g/mol. The van der Waals surface area contributed by atoms with Gasteiger partial charge < -0.3 is 9.47 Å². The Labute approximate surface area is 144 Å². The standard InChI is InChI=1S/C19H30O3S/c1-2-3-4-5-6-7-8-9-10-11-16(20)17-12-13-18(23-17)19-21-14-15-22-19/h12-13,19H,2-11,14-15H2,1H3. The van der Waals surface area contributed by atoms with Crippen LogP contribution >= 0.6 is 11.3 Å². The second kappa shape index (κ2) is 11.0. The van der Waals surface area contributed by atoms with Gasteiger partial charge in [-0.3, -0.25) is 4.79 Å².